The van der Waals surface area contributed by atoms with E-state index in [4.69, 9.17) is 14.2 Å². The average molecular weight is 602 g/mol. The molecule has 224 valence electrons. The highest BCUT2D eigenvalue weighted by atomic mass is 16.5. The quantitative estimate of drug-likeness (QED) is 0.223. The normalized spacial score (nSPS) is 13.3. The molecular weight excluding hydrogens is 574 g/mol. The molecule has 1 aliphatic rings. The maximum Gasteiger partial charge on any atom is 0.344 e. The molecule has 3 aromatic carbocycles. The van der Waals surface area contributed by atoms with Crippen LogP contribution >= 0.6 is 0 Å². The Morgan fingerprint density at radius 1 is 1.04 bits per heavy atom. The number of rotatable bonds is 9. The Labute approximate surface area is 256 Å². The Hall–Kier alpha value is -6.04. The van der Waals surface area contributed by atoms with Crippen molar-refractivity contribution < 1.29 is 23.8 Å². The van der Waals surface area contributed by atoms with Crippen molar-refractivity contribution in [1.29, 1.82) is 0 Å². The first-order chi connectivity index (χ1) is 22.0. The third-order valence-electron chi connectivity index (χ3n) is 7.42. The molecule has 4 heterocycles. The van der Waals surface area contributed by atoms with Crippen molar-refractivity contribution in [3.63, 3.8) is 0 Å². The minimum absolute atomic E-state index is 0.0783. The molecule has 7 rings (SSSR count). The van der Waals surface area contributed by atoms with Crippen molar-refractivity contribution in [1.82, 2.24) is 34.7 Å². The van der Waals surface area contributed by atoms with Gasteiger partial charge >= 0.3 is 11.9 Å². The number of tetrazole rings is 1. The molecule has 0 saturated heterocycles. The number of aromatic nitrogens is 7. The van der Waals surface area contributed by atoms with Crippen LogP contribution in [-0.2, 0) is 16.0 Å². The highest BCUT2D eigenvalue weighted by molar-refractivity contribution is 6.04. The Balaban J connectivity index is 1.16. The van der Waals surface area contributed by atoms with Crippen LogP contribution < -0.4 is 4.74 Å². The number of nitrogens with zero attached hydrogens (tertiary/aromatic N) is 6. The molecule has 6 aromatic rings. The Bertz CT molecular complexity index is 2070. The summed E-state index contributed by atoms with van der Waals surface area (Å²) >= 11 is 0. The van der Waals surface area contributed by atoms with Gasteiger partial charge in [-0.1, -0.05) is 36.4 Å². The van der Waals surface area contributed by atoms with E-state index in [9.17, 15) is 9.59 Å². The number of benzene rings is 3. The van der Waals surface area contributed by atoms with Crippen molar-refractivity contribution in [3.8, 4) is 23.2 Å². The van der Waals surface area contributed by atoms with E-state index in [1.54, 1.807) is 36.4 Å². The van der Waals surface area contributed by atoms with Gasteiger partial charge in [-0.15, -0.1) is 5.10 Å². The summed E-state index contributed by atoms with van der Waals surface area (Å²) in [7, 11) is 0. The Kier molecular flexibility index (Phi) is 7.14. The third kappa shape index (κ3) is 5.22. The number of aromatic amines is 1. The monoisotopic (exact) mass is 601 g/mol. The maximum absolute atomic E-state index is 13.4. The van der Waals surface area contributed by atoms with Gasteiger partial charge in [-0.05, 0) is 77.9 Å². The van der Waals surface area contributed by atoms with Crippen LogP contribution in [0.3, 0.4) is 0 Å². The predicted octanol–water partition coefficient (Wildman–Crippen LogP) is 5.13. The number of aryl methyl sites for hydroxylation is 1. The first kappa shape index (κ1) is 27.8. The zero-order chi connectivity index (χ0) is 30.9. The molecule has 3 aromatic heterocycles. The van der Waals surface area contributed by atoms with Crippen LogP contribution in [0, 0.1) is 6.92 Å². The summed E-state index contributed by atoms with van der Waals surface area (Å²) in [6.07, 6.45) is 3.61. The van der Waals surface area contributed by atoms with Crippen molar-refractivity contribution in [2.24, 2.45) is 0 Å². The van der Waals surface area contributed by atoms with Crippen molar-refractivity contribution >= 4 is 28.7 Å². The molecule has 0 aliphatic carbocycles. The number of fused-ring (bicyclic) bond motifs is 2. The standard InChI is InChI=1S/C33H27N7O5/c1-3-43-33-34-26-10-6-9-25(31(41)44-16-15-28-23-7-4-5-8-24(23)32(42)45-28)29(26)40(33)19-21-11-13-22(14-12-21)39-18-20(2)17-27(39)30-35-37-38-36-30/h4-15,17-18H,3,16,19H2,1-2H3,(H,35,36,37,38)/b28-15-. The van der Waals surface area contributed by atoms with E-state index in [2.05, 4.69) is 25.6 Å². The Morgan fingerprint density at radius 2 is 1.87 bits per heavy atom. The molecule has 1 aliphatic heterocycles. The molecule has 12 heteroatoms. The number of para-hydroxylation sites is 1. The van der Waals surface area contributed by atoms with E-state index in [0.29, 0.717) is 58.5 Å². The summed E-state index contributed by atoms with van der Waals surface area (Å²) in [5.74, 6) is -0.0205. The van der Waals surface area contributed by atoms with E-state index >= 15 is 0 Å². The fourth-order valence-electron chi connectivity index (χ4n) is 5.43. The molecule has 0 spiro atoms. The van der Waals surface area contributed by atoms with Crippen LogP contribution in [0.5, 0.6) is 6.01 Å². The molecule has 12 nitrogen and oxygen atoms in total. The first-order valence-electron chi connectivity index (χ1n) is 14.3. The second kappa shape index (κ2) is 11.6. The average Bonchev–Trinajstić information content (AvgIpc) is 3.85. The molecule has 0 atom stereocenters. The van der Waals surface area contributed by atoms with Gasteiger partial charge in [-0.25, -0.2) is 14.7 Å². The van der Waals surface area contributed by atoms with Crippen LogP contribution in [0.2, 0.25) is 0 Å². The lowest BCUT2D eigenvalue weighted by molar-refractivity contribution is 0.0550. The number of esters is 2. The SMILES string of the molecule is CCOc1nc2cccc(C(=O)OC/C=C3\OC(=O)c4ccccc43)c2n1Cc1ccc(-n2cc(C)cc2-c2nnn[nH]2)cc1. The largest absolute Gasteiger partial charge is 0.465 e. The van der Waals surface area contributed by atoms with Crippen LogP contribution in [0.25, 0.3) is 34.0 Å². The smallest absolute Gasteiger partial charge is 0.344 e. The zero-order valence-corrected chi connectivity index (χ0v) is 24.4. The number of hydrogen-bond acceptors (Lipinski definition) is 9. The van der Waals surface area contributed by atoms with Gasteiger partial charge in [0.15, 0.2) is 5.82 Å². The molecule has 0 fully saturated rings. The number of imidazole rings is 1. The fourth-order valence-corrected chi connectivity index (χ4v) is 5.43. The van der Waals surface area contributed by atoms with Gasteiger partial charge in [-0.3, -0.25) is 4.57 Å². The number of hydrogen-bond donors (Lipinski definition) is 1. The lowest BCUT2D eigenvalue weighted by Gasteiger charge is -2.13. The molecule has 0 bridgehead atoms. The van der Waals surface area contributed by atoms with Gasteiger partial charge < -0.3 is 18.8 Å². The van der Waals surface area contributed by atoms with E-state index in [1.807, 2.05) is 71.6 Å². The first-order valence-corrected chi connectivity index (χ1v) is 14.3. The second-order valence-corrected chi connectivity index (χ2v) is 10.4. The molecule has 0 unspecified atom stereocenters. The molecule has 0 saturated carbocycles. The summed E-state index contributed by atoms with van der Waals surface area (Å²) in [5.41, 5.74) is 6.53. The molecule has 45 heavy (non-hydrogen) atoms. The number of ether oxygens (including phenoxy) is 3. The van der Waals surface area contributed by atoms with E-state index in [0.717, 1.165) is 22.5 Å². The molecule has 1 N–H and O–H groups in total. The van der Waals surface area contributed by atoms with E-state index in [1.165, 1.54) is 0 Å². The van der Waals surface area contributed by atoms with Gasteiger partial charge in [0.1, 0.15) is 12.4 Å². The number of nitrogens with one attached hydrogen (secondary N) is 1. The van der Waals surface area contributed by atoms with Crippen molar-refractivity contribution in [2.75, 3.05) is 13.2 Å². The van der Waals surface area contributed by atoms with Crippen LogP contribution in [-0.4, -0.2) is 59.9 Å². The number of carbonyl (C=O) groups is 2. The lowest BCUT2D eigenvalue weighted by atomic mass is 10.1. The molecule has 0 amide bonds. The Morgan fingerprint density at radius 3 is 2.64 bits per heavy atom. The number of H-pyrrole nitrogens is 1. The summed E-state index contributed by atoms with van der Waals surface area (Å²) in [6, 6.07) is 22.8. The van der Waals surface area contributed by atoms with Gasteiger partial charge in [-0.2, -0.15) is 4.98 Å². The summed E-state index contributed by atoms with van der Waals surface area (Å²) in [4.78, 5) is 30.2. The van der Waals surface area contributed by atoms with Crippen LogP contribution in [0.15, 0.2) is 85.1 Å². The minimum Gasteiger partial charge on any atom is -0.465 e. The summed E-state index contributed by atoms with van der Waals surface area (Å²) in [6.45, 7) is 4.62. The second-order valence-electron chi connectivity index (χ2n) is 10.4. The minimum atomic E-state index is -0.535. The predicted molar refractivity (Wildman–Crippen MR) is 164 cm³/mol. The topological polar surface area (TPSA) is 139 Å². The molecule has 0 radical (unpaired) electrons. The van der Waals surface area contributed by atoms with E-state index < -0.39 is 11.9 Å². The van der Waals surface area contributed by atoms with Crippen LogP contribution in [0.1, 0.15) is 44.3 Å². The fraction of sp³-hybridized carbons (Fsp3) is 0.152. The highest BCUT2D eigenvalue weighted by Gasteiger charge is 2.26. The summed E-state index contributed by atoms with van der Waals surface area (Å²) < 4.78 is 20.8. The number of carbonyl (C=O) groups excluding carboxylic acids is 2. The zero-order valence-electron chi connectivity index (χ0n) is 24.4. The maximum atomic E-state index is 13.4. The van der Waals surface area contributed by atoms with Crippen LogP contribution in [0.4, 0.5) is 0 Å². The number of cyclic esters (lactones) is 1. The third-order valence-corrected chi connectivity index (χ3v) is 7.42. The van der Waals surface area contributed by atoms with Gasteiger partial charge in [0, 0.05) is 17.4 Å². The molecular formula is C33H27N7O5. The van der Waals surface area contributed by atoms with Gasteiger partial charge in [0.25, 0.3) is 6.01 Å². The lowest BCUT2D eigenvalue weighted by Crippen LogP contribution is -2.10. The van der Waals surface area contributed by atoms with E-state index in [-0.39, 0.29) is 6.61 Å². The van der Waals surface area contributed by atoms with Crippen molar-refractivity contribution in [3.05, 3.63) is 113 Å². The highest BCUT2D eigenvalue weighted by Crippen LogP contribution is 2.30. The van der Waals surface area contributed by atoms with Crippen molar-refractivity contribution in [2.45, 2.75) is 20.4 Å². The van der Waals surface area contributed by atoms with Gasteiger partial charge in [0.2, 0.25) is 0 Å². The summed E-state index contributed by atoms with van der Waals surface area (Å²) in [5, 5.41) is 14.3. The van der Waals surface area contributed by atoms with Gasteiger partial charge in [0.05, 0.1) is 41.0 Å².